The van der Waals surface area contributed by atoms with Crippen LogP contribution in [0.25, 0.3) is 0 Å². The number of nitrogens with zero attached hydrogens (tertiary/aromatic N) is 4. The average molecular weight is 349 g/mol. The third-order valence-corrected chi connectivity index (χ3v) is 3.79. The van der Waals surface area contributed by atoms with Crippen LogP contribution < -0.4 is 15.4 Å². The lowest BCUT2D eigenvalue weighted by molar-refractivity contribution is -0.384. The zero-order valence-electron chi connectivity index (χ0n) is 13.2. The standard InChI is InChI=1S/C13H18F3N5O3/c1-19(2)7-3-4-20(6-7)12-9(21(22)23)5-8(17)13(18-12)24-11(16)10(14)15/h5,7,10-11H,3-4,6,17H2,1-2H3. The molecule has 1 aromatic rings. The number of hydrogen-bond donors (Lipinski definition) is 1. The molecule has 0 bridgehead atoms. The Morgan fingerprint density at radius 3 is 2.67 bits per heavy atom. The highest BCUT2D eigenvalue weighted by Gasteiger charge is 2.32. The maximum atomic E-state index is 13.1. The summed E-state index contributed by atoms with van der Waals surface area (Å²) in [6, 6.07) is 1.10. The first-order chi connectivity index (χ1) is 11.2. The summed E-state index contributed by atoms with van der Waals surface area (Å²) in [6.07, 6.45) is -5.55. The van der Waals surface area contributed by atoms with Gasteiger partial charge in [0.05, 0.1) is 4.92 Å². The molecular weight excluding hydrogens is 331 g/mol. The van der Waals surface area contributed by atoms with Gasteiger partial charge in [-0.1, -0.05) is 0 Å². The molecule has 0 amide bonds. The molecule has 1 aromatic heterocycles. The van der Waals surface area contributed by atoms with Crippen LogP contribution in [0, 0.1) is 10.1 Å². The van der Waals surface area contributed by atoms with Crippen LogP contribution in [0.5, 0.6) is 5.88 Å². The summed E-state index contributed by atoms with van der Waals surface area (Å²) in [5, 5.41) is 11.2. The number of ether oxygens (including phenoxy) is 1. The van der Waals surface area contributed by atoms with Crippen molar-refractivity contribution in [2.75, 3.05) is 37.8 Å². The summed E-state index contributed by atoms with van der Waals surface area (Å²) in [5.74, 6) is -0.660. The minimum Gasteiger partial charge on any atom is -0.435 e. The number of aromatic nitrogens is 1. The molecule has 2 atom stereocenters. The fourth-order valence-corrected chi connectivity index (χ4v) is 2.47. The van der Waals surface area contributed by atoms with Crippen molar-refractivity contribution in [3.63, 3.8) is 0 Å². The van der Waals surface area contributed by atoms with Crippen LogP contribution in [0.3, 0.4) is 0 Å². The molecule has 1 saturated heterocycles. The number of alkyl halides is 3. The third kappa shape index (κ3) is 3.78. The summed E-state index contributed by atoms with van der Waals surface area (Å²) in [4.78, 5) is 18.0. The van der Waals surface area contributed by atoms with E-state index in [-0.39, 0.29) is 23.2 Å². The van der Waals surface area contributed by atoms with E-state index < -0.39 is 23.6 Å². The molecule has 24 heavy (non-hydrogen) atoms. The molecular formula is C13H18F3N5O3. The fraction of sp³-hybridized carbons (Fsp3) is 0.615. The van der Waals surface area contributed by atoms with Gasteiger partial charge in [-0.2, -0.15) is 9.37 Å². The molecule has 2 rings (SSSR count). The van der Waals surface area contributed by atoms with E-state index >= 15 is 0 Å². The SMILES string of the molecule is CN(C)C1CCN(c2nc(OC(F)C(F)F)c(N)cc2[N+](=O)[O-])C1. The summed E-state index contributed by atoms with van der Waals surface area (Å²) in [6.45, 7) is 0.937. The van der Waals surface area contributed by atoms with E-state index in [1.54, 1.807) is 4.90 Å². The molecule has 134 valence electrons. The topological polar surface area (TPSA) is 97.8 Å². The fourth-order valence-electron chi connectivity index (χ4n) is 2.47. The van der Waals surface area contributed by atoms with Crippen molar-refractivity contribution in [2.24, 2.45) is 0 Å². The highest BCUT2D eigenvalue weighted by atomic mass is 19.3. The van der Waals surface area contributed by atoms with E-state index in [2.05, 4.69) is 9.72 Å². The van der Waals surface area contributed by atoms with Crippen molar-refractivity contribution in [1.82, 2.24) is 9.88 Å². The Morgan fingerprint density at radius 1 is 1.50 bits per heavy atom. The second-order valence-corrected chi connectivity index (χ2v) is 5.64. The van der Waals surface area contributed by atoms with E-state index in [0.29, 0.717) is 13.1 Å². The van der Waals surface area contributed by atoms with Gasteiger partial charge in [-0.05, 0) is 20.5 Å². The molecule has 1 fully saturated rings. The van der Waals surface area contributed by atoms with Gasteiger partial charge in [-0.15, -0.1) is 0 Å². The van der Waals surface area contributed by atoms with Crippen LogP contribution in [0.15, 0.2) is 6.07 Å². The molecule has 0 aliphatic carbocycles. The number of halogens is 3. The van der Waals surface area contributed by atoms with Gasteiger partial charge < -0.3 is 20.3 Å². The molecule has 1 aliphatic heterocycles. The van der Waals surface area contributed by atoms with Crippen LogP contribution >= 0.6 is 0 Å². The van der Waals surface area contributed by atoms with E-state index in [9.17, 15) is 23.3 Å². The Balaban J connectivity index is 2.35. The summed E-state index contributed by atoms with van der Waals surface area (Å²) in [5.41, 5.74) is 4.76. The Labute approximate surface area is 136 Å². The molecule has 2 heterocycles. The number of nitrogen functional groups attached to an aromatic ring is 1. The first kappa shape index (κ1) is 18.0. The zero-order valence-corrected chi connectivity index (χ0v) is 13.2. The van der Waals surface area contributed by atoms with Gasteiger partial charge in [0.2, 0.25) is 11.7 Å². The van der Waals surface area contributed by atoms with Crippen LogP contribution in [0.1, 0.15) is 6.42 Å². The van der Waals surface area contributed by atoms with Crippen LogP contribution in [0.2, 0.25) is 0 Å². The van der Waals surface area contributed by atoms with E-state index in [4.69, 9.17) is 5.73 Å². The van der Waals surface area contributed by atoms with Crippen molar-refractivity contribution < 1.29 is 22.8 Å². The van der Waals surface area contributed by atoms with E-state index in [0.717, 1.165) is 12.5 Å². The number of likely N-dealkylation sites (N-methyl/N-ethyl adjacent to an activating group) is 1. The van der Waals surface area contributed by atoms with E-state index in [1.165, 1.54) is 0 Å². The molecule has 0 aromatic carbocycles. The molecule has 2 unspecified atom stereocenters. The number of nitrogens with two attached hydrogens (primary N) is 1. The molecule has 0 radical (unpaired) electrons. The molecule has 1 aliphatic rings. The van der Waals surface area contributed by atoms with Crippen LogP contribution in [0.4, 0.5) is 30.4 Å². The van der Waals surface area contributed by atoms with Crippen LogP contribution in [-0.2, 0) is 0 Å². The van der Waals surface area contributed by atoms with Crippen molar-refractivity contribution >= 4 is 17.2 Å². The Bertz CT molecular complexity index is 617. The summed E-state index contributed by atoms with van der Waals surface area (Å²) < 4.78 is 42.1. The number of hydrogen-bond acceptors (Lipinski definition) is 7. The lowest BCUT2D eigenvalue weighted by Crippen LogP contribution is -2.32. The van der Waals surface area contributed by atoms with Gasteiger partial charge >= 0.3 is 12.1 Å². The van der Waals surface area contributed by atoms with Gasteiger partial charge in [0.15, 0.2) is 0 Å². The minimum absolute atomic E-state index is 0.0741. The molecule has 0 saturated carbocycles. The molecule has 8 nitrogen and oxygen atoms in total. The lowest BCUT2D eigenvalue weighted by Gasteiger charge is -2.21. The average Bonchev–Trinajstić information content (AvgIpc) is 2.98. The summed E-state index contributed by atoms with van der Waals surface area (Å²) >= 11 is 0. The lowest BCUT2D eigenvalue weighted by atomic mass is 10.2. The smallest absolute Gasteiger partial charge is 0.313 e. The maximum absolute atomic E-state index is 13.1. The number of rotatable bonds is 6. The zero-order chi connectivity index (χ0) is 18.0. The van der Waals surface area contributed by atoms with Gasteiger partial charge in [-0.3, -0.25) is 10.1 Å². The molecule has 2 N–H and O–H groups in total. The minimum atomic E-state index is -3.38. The Kier molecular flexibility index (Phi) is 5.32. The highest BCUT2D eigenvalue weighted by Crippen LogP contribution is 2.36. The van der Waals surface area contributed by atoms with Gasteiger partial charge in [0.25, 0.3) is 6.36 Å². The Morgan fingerprint density at radius 2 is 2.17 bits per heavy atom. The number of pyridine rings is 1. The maximum Gasteiger partial charge on any atom is 0.313 e. The van der Waals surface area contributed by atoms with Crippen LogP contribution in [-0.4, -0.2) is 60.8 Å². The van der Waals surface area contributed by atoms with Gasteiger partial charge in [0.1, 0.15) is 5.69 Å². The third-order valence-electron chi connectivity index (χ3n) is 3.79. The van der Waals surface area contributed by atoms with Gasteiger partial charge in [-0.25, -0.2) is 8.78 Å². The second-order valence-electron chi connectivity index (χ2n) is 5.64. The number of nitro groups is 1. The number of anilines is 2. The molecule has 11 heteroatoms. The normalized spacial score (nSPS) is 19.1. The van der Waals surface area contributed by atoms with Crippen molar-refractivity contribution in [3.8, 4) is 5.88 Å². The van der Waals surface area contributed by atoms with E-state index in [1.807, 2.05) is 19.0 Å². The summed E-state index contributed by atoms with van der Waals surface area (Å²) in [7, 11) is 3.76. The quantitative estimate of drug-likeness (QED) is 0.616. The Hall–Kier alpha value is -2.30. The van der Waals surface area contributed by atoms with Crippen molar-refractivity contribution in [1.29, 1.82) is 0 Å². The first-order valence-electron chi connectivity index (χ1n) is 7.15. The van der Waals surface area contributed by atoms with Gasteiger partial charge in [0, 0.05) is 25.2 Å². The second kappa shape index (κ2) is 7.07. The monoisotopic (exact) mass is 349 g/mol. The first-order valence-corrected chi connectivity index (χ1v) is 7.15. The largest absolute Gasteiger partial charge is 0.435 e. The highest BCUT2D eigenvalue weighted by molar-refractivity contribution is 5.67. The molecule has 0 spiro atoms. The van der Waals surface area contributed by atoms with Crippen molar-refractivity contribution in [2.45, 2.75) is 25.2 Å². The van der Waals surface area contributed by atoms with Crippen molar-refractivity contribution in [3.05, 3.63) is 16.2 Å². The predicted octanol–water partition coefficient (Wildman–Crippen LogP) is 1.65. The predicted molar refractivity (Wildman–Crippen MR) is 81.1 cm³/mol.